The molecule has 0 fully saturated rings. The Morgan fingerprint density at radius 3 is 1.13 bits per heavy atom. The summed E-state index contributed by atoms with van der Waals surface area (Å²) in [6, 6.07) is 22.4. The van der Waals surface area contributed by atoms with Crippen molar-refractivity contribution < 1.29 is 76.0 Å². The molecule has 0 unspecified atom stereocenters. The van der Waals surface area contributed by atoms with Gasteiger partial charge in [0.15, 0.2) is 0 Å². The Labute approximate surface area is 393 Å². The predicted octanol–water partition coefficient (Wildman–Crippen LogP) is 5.10. The molecular formula is C48H70N2O17. The van der Waals surface area contributed by atoms with Crippen LogP contribution in [0.1, 0.15) is 23.5 Å². The van der Waals surface area contributed by atoms with Crippen molar-refractivity contribution >= 4 is 11.8 Å². The molecule has 0 aromatic heterocycles. The molecule has 3 aromatic carbocycles. The number of non-ortho nitro benzene ring substituents is 1. The third-order valence-electron chi connectivity index (χ3n) is 9.71. The predicted molar refractivity (Wildman–Crippen MR) is 246 cm³/mol. The fourth-order valence-electron chi connectivity index (χ4n) is 6.42. The van der Waals surface area contributed by atoms with E-state index < -0.39 is 11.0 Å². The molecule has 1 aliphatic rings. The summed E-state index contributed by atoms with van der Waals surface area (Å²) in [7, 11) is 0. The van der Waals surface area contributed by atoms with Crippen LogP contribution < -0.4 is 10.1 Å². The standard InChI is InChI=1S/C48H70N2O17/c51-48(67-40-47-45-8-3-1-6-43(45)44-7-2-4-9-46(44)47)49-14-5-15-54-16-17-55-18-19-56-20-21-57-22-23-58-24-25-59-26-27-60-28-29-61-30-31-62-32-33-63-34-35-64-36-37-65-38-39-66-42-12-10-41(11-13-42)50(52)53/h1-4,6-13,47H,5,14-40H2,(H,49,51). The molecule has 67 heavy (non-hydrogen) atoms. The van der Waals surface area contributed by atoms with Crippen molar-refractivity contribution in [3.8, 4) is 16.9 Å². The van der Waals surface area contributed by atoms with Crippen LogP contribution in [-0.2, 0) is 61.6 Å². The van der Waals surface area contributed by atoms with E-state index in [1.807, 2.05) is 24.3 Å². The molecule has 0 bridgehead atoms. The molecule has 4 rings (SSSR count). The number of carbonyl (C=O) groups excluding carboxylic acids is 1. The third kappa shape index (κ3) is 25.6. The maximum absolute atomic E-state index is 12.3. The Hall–Kier alpha value is -4.35. The molecule has 374 valence electrons. The van der Waals surface area contributed by atoms with Gasteiger partial charge in [-0.15, -0.1) is 0 Å². The molecule has 3 aromatic rings. The fraction of sp³-hybridized carbons (Fsp3) is 0.604. The fourth-order valence-corrected chi connectivity index (χ4v) is 6.42. The number of carbonyl (C=O) groups is 1. The summed E-state index contributed by atoms with van der Waals surface area (Å²) in [6.45, 7) is 12.3. The molecule has 0 heterocycles. The summed E-state index contributed by atoms with van der Waals surface area (Å²) >= 11 is 0. The molecule has 0 radical (unpaired) electrons. The summed E-state index contributed by atoms with van der Waals surface area (Å²) < 4.78 is 77.1. The van der Waals surface area contributed by atoms with Crippen LogP contribution in [0.5, 0.6) is 5.75 Å². The van der Waals surface area contributed by atoms with Crippen molar-refractivity contribution in [1.29, 1.82) is 0 Å². The number of benzene rings is 3. The average Bonchev–Trinajstić information content (AvgIpc) is 3.67. The van der Waals surface area contributed by atoms with Crippen LogP contribution in [0.4, 0.5) is 10.5 Å². The molecular weight excluding hydrogens is 877 g/mol. The summed E-state index contributed by atoms with van der Waals surface area (Å²) in [5, 5.41) is 13.5. The molecule has 0 saturated heterocycles. The highest BCUT2D eigenvalue weighted by atomic mass is 16.6. The number of nitro groups is 1. The van der Waals surface area contributed by atoms with Crippen LogP contribution in [0.2, 0.25) is 0 Å². The van der Waals surface area contributed by atoms with Gasteiger partial charge in [0.25, 0.3) is 5.69 Å². The van der Waals surface area contributed by atoms with Gasteiger partial charge in [-0.2, -0.15) is 0 Å². The number of amides is 1. The maximum atomic E-state index is 12.3. The monoisotopic (exact) mass is 946 g/mol. The number of rotatable bonds is 44. The van der Waals surface area contributed by atoms with E-state index in [9.17, 15) is 14.9 Å². The van der Waals surface area contributed by atoms with Gasteiger partial charge in [0.05, 0.1) is 157 Å². The Kier molecular flexibility index (Phi) is 31.0. The zero-order chi connectivity index (χ0) is 47.1. The lowest BCUT2D eigenvalue weighted by Crippen LogP contribution is -2.27. The van der Waals surface area contributed by atoms with Crippen molar-refractivity contribution in [2.75, 3.05) is 178 Å². The number of hydrogen-bond acceptors (Lipinski definition) is 17. The number of nitrogens with zero attached hydrogens (tertiary/aromatic N) is 1. The van der Waals surface area contributed by atoms with E-state index >= 15 is 0 Å². The van der Waals surface area contributed by atoms with E-state index in [0.717, 1.165) is 0 Å². The van der Waals surface area contributed by atoms with Crippen LogP contribution in [0.15, 0.2) is 72.8 Å². The molecule has 0 saturated carbocycles. The highest BCUT2D eigenvalue weighted by Gasteiger charge is 2.29. The van der Waals surface area contributed by atoms with E-state index in [-0.39, 0.29) is 11.6 Å². The summed E-state index contributed by atoms with van der Waals surface area (Å²) in [6.07, 6.45) is 0.254. The quantitative estimate of drug-likeness (QED) is 0.0445. The highest BCUT2D eigenvalue weighted by molar-refractivity contribution is 5.79. The summed E-state index contributed by atoms with van der Waals surface area (Å²) in [5.74, 6) is 0.593. The first-order valence-electron chi connectivity index (χ1n) is 23.0. The van der Waals surface area contributed by atoms with Crippen molar-refractivity contribution in [2.45, 2.75) is 12.3 Å². The molecule has 0 aliphatic heterocycles. The third-order valence-corrected chi connectivity index (χ3v) is 9.71. The van der Waals surface area contributed by atoms with E-state index in [0.29, 0.717) is 190 Å². The second kappa shape index (κ2) is 37.6. The van der Waals surface area contributed by atoms with Gasteiger partial charge in [-0.25, -0.2) is 4.79 Å². The first-order chi connectivity index (χ1) is 33.1. The minimum atomic E-state index is -0.454. The normalized spacial score (nSPS) is 12.0. The minimum absolute atomic E-state index is 0.0209. The average molecular weight is 947 g/mol. The van der Waals surface area contributed by atoms with Crippen molar-refractivity contribution in [1.82, 2.24) is 5.32 Å². The Morgan fingerprint density at radius 1 is 0.448 bits per heavy atom. The van der Waals surface area contributed by atoms with Gasteiger partial charge in [-0.1, -0.05) is 48.5 Å². The highest BCUT2D eigenvalue weighted by Crippen LogP contribution is 2.44. The molecule has 1 N–H and O–H groups in total. The lowest BCUT2D eigenvalue weighted by atomic mass is 9.98. The number of alkyl carbamates (subject to hydrolysis) is 1. The number of hydrogen-bond donors (Lipinski definition) is 1. The maximum Gasteiger partial charge on any atom is 0.407 e. The first-order valence-corrected chi connectivity index (χ1v) is 23.0. The largest absolute Gasteiger partial charge is 0.491 e. The van der Waals surface area contributed by atoms with Gasteiger partial charge in [0, 0.05) is 31.2 Å². The smallest absolute Gasteiger partial charge is 0.407 e. The SMILES string of the molecule is O=C(NCCCOCCOCCOCCOCCOCCOCCOCCOCCOCCOCCOCCOCCOc1ccc([N+](=O)[O-])cc1)OCC1c2ccccc2-c2ccccc21. The number of nitro benzene ring substituents is 1. The zero-order valence-electron chi connectivity index (χ0n) is 38.7. The Balaban J connectivity index is 0.750. The van der Waals surface area contributed by atoms with Crippen LogP contribution in [-0.4, -0.2) is 189 Å². The Bertz CT molecular complexity index is 1660. The van der Waals surface area contributed by atoms with Gasteiger partial charge in [-0.05, 0) is 40.8 Å². The number of fused-ring (bicyclic) bond motifs is 3. The van der Waals surface area contributed by atoms with E-state index in [1.165, 1.54) is 34.4 Å². The van der Waals surface area contributed by atoms with E-state index in [1.54, 1.807) is 12.1 Å². The first kappa shape index (κ1) is 55.2. The van der Waals surface area contributed by atoms with Crippen molar-refractivity contribution in [3.63, 3.8) is 0 Å². The van der Waals surface area contributed by atoms with Gasteiger partial charge in [-0.3, -0.25) is 10.1 Å². The van der Waals surface area contributed by atoms with Gasteiger partial charge >= 0.3 is 6.09 Å². The topological polar surface area (TPSA) is 201 Å². The lowest BCUT2D eigenvalue weighted by molar-refractivity contribution is -0.384. The van der Waals surface area contributed by atoms with Gasteiger partial charge in [0.1, 0.15) is 19.0 Å². The van der Waals surface area contributed by atoms with Crippen LogP contribution in [0.25, 0.3) is 11.1 Å². The van der Waals surface area contributed by atoms with Crippen molar-refractivity contribution in [2.24, 2.45) is 0 Å². The van der Waals surface area contributed by atoms with E-state index in [2.05, 4.69) is 29.6 Å². The molecule has 0 spiro atoms. The van der Waals surface area contributed by atoms with Gasteiger partial charge < -0.3 is 71.6 Å². The lowest BCUT2D eigenvalue weighted by Gasteiger charge is -2.14. The zero-order valence-corrected chi connectivity index (χ0v) is 38.7. The van der Waals surface area contributed by atoms with Crippen LogP contribution in [0.3, 0.4) is 0 Å². The molecule has 1 aliphatic carbocycles. The minimum Gasteiger partial charge on any atom is -0.491 e. The molecule has 1 amide bonds. The van der Waals surface area contributed by atoms with Crippen molar-refractivity contribution in [3.05, 3.63) is 94.0 Å². The number of ether oxygens (including phenoxy) is 14. The summed E-state index contributed by atoms with van der Waals surface area (Å²) in [4.78, 5) is 22.5. The molecule has 0 atom stereocenters. The van der Waals surface area contributed by atoms with E-state index in [4.69, 9.17) is 66.3 Å². The second-order valence-electron chi connectivity index (χ2n) is 14.6. The molecule has 19 nitrogen and oxygen atoms in total. The number of nitrogens with one attached hydrogen (secondary N) is 1. The van der Waals surface area contributed by atoms with Gasteiger partial charge in [0.2, 0.25) is 0 Å². The van der Waals surface area contributed by atoms with Crippen LogP contribution >= 0.6 is 0 Å². The van der Waals surface area contributed by atoms with Crippen LogP contribution in [0, 0.1) is 10.1 Å². The summed E-state index contributed by atoms with van der Waals surface area (Å²) in [5.41, 5.74) is 4.81. The second-order valence-corrected chi connectivity index (χ2v) is 14.6. The Morgan fingerprint density at radius 2 is 0.776 bits per heavy atom. The molecule has 19 heteroatoms.